The van der Waals surface area contributed by atoms with Gasteiger partial charge in [0.1, 0.15) is 0 Å². The molecule has 0 spiro atoms. The molecule has 2 heteroatoms. The smallest absolute Gasteiger partial charge is 0.0541 e. The summed E-state index contributed by atoms with van der Waals surface area (Å²) in [4.78, 5) is 2.42. The number of fused-ring (bicyclic) bond motifs is 6. The van der Waals surface area contributed by atoms with Gasteiger partial charge in [-0.15, -0.1) is 0 Å². The molecular formula is C63H46N2. The van der Waals surface area contributed by atoms with E-state index in [1.807, 2.05) is 0 Å². The summed E-state index contributed by atoms with van der Waals surface area (Å²) in [6.45, 7) is 4.78. The van der Waals surface area contributed by atoms with Crippen molar-refractivity contribution in [2.24, 2.45) is 0 Å². The molecule has 0 bridgehead atoms. The van der Waals surface area contributed by atoms with Gasteiger partial charge in [-0.2, -0.15) is 0 Å². The number of benzene rings is 10. The van der Waals surface area contributed by atoms with Gasteiger partial charge in [-0.1, -0.05) is 196 Å². The number of aromatic nitrogens is 1. The second-order valence-electron chi connectivity index (χ2n) is 17.8. The molecule has 10 aromatic carbocycles. The van der Waals surface area contributed by atoms with Crippen LogP contribution in [0.3, 0.4) is 0 Å². The Kier molecular flexibility index (Phi) is 9.21. The highest BCUT2D eigenvalue weighted by Gasteiger charge is 2.36. The molecule has 1 aliphatic rings. The molecule has 1 aromatic heterocycles. The standard InChI is InChI=1S/C63H46N2/c1-63(2)59-41-53(36-38-55(59)56-39-37-54(42-60(56)63)65-61-22-11-9-20-57(61)58-21-10-12-23-62(58)65)64(51-34-32-48(33-35-51)47-26-24-45(25-27-47)43-14-5-3-6-15-43)52-19-13-18-50(40-52)49-30-28-46(29-31-49)44-16-7-4-8-17-44/h3-42H,1-2H3. The lowest BCUT2D eigenvalue weighted by Crippen LogP contribution is -2.17. The van der Waals surface area contributed by atoms with Crippen molar-refractivity contribution >= 4 is 38.9 Å². The number of hydrogen-bond donors (Lipinski definition) is 0. The van der Waals surface area contributed by atoms with Gasteiger partial charge in [-0.05, 0) is 127 Å². The van der Waals surface area contributed by atoms with Crippen LogP contribution < -0.4 is 4.90 Å². The third-order valence-corrected chi connectivity index (χ3v) is 13.6. The maximum Gasteiger partial charge on any atom is 0.0541 e. The van der Waals surface area contributed by atoms with E-state index in [2.05, 4.69) is 266 Å². The monoisotopic (exact) mass is 830 g/mol. The lowest BCUT2D eigenvalue weighted by Gasteiger charge is -2.28. The first kappa shape index (κ1) is 38.5. The van der Waals surface area contributed by atoms with Crippen LogP contribution in [-0.4, -0.2) is 4.57 Å². The maximum atomic E-state index is 2.44. The quantitative estimate of drug-likeness (QED) is 0.148. The first-order valence-corrected chi connectivity index (χ1v) is 22.6. The lowest BCUT2D eigenvalue weighted by molar-refractivity contribution is 0.660. The highest BCUT2D eigenvalue weighted by Crippen LogP contribution is 2.52. The third-order valence-electron chi connectivity index (χ3n) is 13.6. The van der Waals surface area contributed by atoms with Crippen molar-refractivity contribution in [1.29, 1.82) is 0 Å². The minimum absolute atomic E-state index is 0.237. The minimum Gasteiger partial charge on any atom is -0.310 e. The molecule has 0 amide bonds. The summed E-state index contributed by atoms with van der Waals surface area (Å²) in [5.41, 5.74) is 21.6. The molecule has 308 valence electrons. The van der Waals surface area contributed by atoms with Crippen LogP contribution >= 0.6 is 0 Å². The molecule has 12 rings (SSSR count). The van der Waals surface area contributed by atoms with E-state index in [-0.39, 0.29) is 5.41 Å². The predicted molar refractivity (Wildman–Crippen MR) is 275 cm³/mol. The van der Waals surface area contributed by atoms with Crippen LogP contribution in [-0.2, 0) is 5.41 Å². The average Bonchev–Trinajstić information content (AvgIpc) is 3.82. The highest BCUT2D eigenvalue weighted by atomic mass is 15.1. The molecule has 11 aromatic rings. The van der Waals surface area contributed by atoms with Gasteiger partial charge in [0.25, 0.3) is 0 Å². The van der Waals surface area contributed by atoms with E-state index in [4.69, 9.17) is 0 Å². The normalized spacial score (nSPS) is 12.6. The van der Waals surface area contributed by atoms with Gasteiger partial charge in [-0.3, -0.25) is 0 Å². The fraction of sp³-hybridized carbons (Fsp3) is 0.0476. The number of nitrogens with zero attached hydrogens (tertiary/aromatic N) is 2. The van der Waals surface area contributed by atoms with Gasteiger partial charge in [0.15, 0.2) is 0 Å². The Hall–Kier alpha value is -8.20. The molecule has 1 heterocycles. The van der Waals surface area contributed by atoms with Crippen molar-refractivity contribution in [1.82, 2.24) is 4.57 Å². The summed E-state index contributed by atoms with van der Waals surface area (Å²) >= 11 is 0. The van der Waals surface area contributed by atoms with Crippen molar-refractivity contribution in [3.63, 3.8) is 0 Å². The fourth-order valence-electron chi connectivity index (χ4n) is 10.2. The van der Waals surface area contributed by atoms with Crippen molar-refractivity contribution in [3.8, 4) is 61.3 Å². The molecule has 0 radical (unpaired) electrons. The fourth-order valence-corrected chi connectivity index (χ4v) is 10.2. The summed E-state index contributed by atoms with van der Waals surface area (Å²) in [5, 5.41) is 2.55. The Bertz CT molecular complexity index is 3470. The predicted octanol–water partition coefficient (Wildman–Crippen LogP) is 17.2. The van der Waals surface area contributed by atoms with Gasteiger partial charge >= 0.3 is 0 Å². The molecule has 2 nitrogen and oxygen atoms in total. The summed E-state index contributed by atoms with van der Waals surface area (Å²) in [7, 11) is 0. The van der Waals surface area contributed by atoms with Gasteiger partial charge < -0.3 is 9.47 Å². The summed E-state index contributed by atoms with van der Waals surface area (Å²) in [6, 6.07) is 88.8. The lowest BCUT2D eigenvalue weighted by atomic mass is 9.82. The first-order chi connectivity index (χ1) is 32.0. The molecule has 0 saturated carbocycles. The Balaban J connectivity index is 0.939. The van der Waals surface area contributed by atoms with Crippen molar-refractivity contribution in [3.05, 3.63) is 254 Å². The van der Waals surface area contributed by atoms with Crippen LogP contribution in [0.5, 0.6) is 0 Å². The molecular weight excluding hydrogens is 785 g/mol. The van der Waals surface area contributed by atoms with E-state index >= 15 is 0 Å². The zero-order valence-electron chi connectivity index (χ0n) is 36.5. The SMILES string of the molecule is CC1(C)c2cc(N(c3ccc(-c4ccc(-c5ccccc5)cc4)cc3)c3cccc(-c4ccc(-c5ccccc5)cc4)c3)ccc2-c2ccc(-n3c4ccccc4c4ccccc43)cc21. The second kappa shape index (κ2) is 15.6. The summed E-state index contributed by atoms with van der Waals surface area (Å²) in [6.07, 6.45) is 0. The third kappa shape index (κ3) is 6.65. The van der Waals surface area contributed by atoms with Crippen LogP contribution in [0.1, 0.15) is 25.0 Å². The molecule has 1 aliphatic carbocycles. The van der Waals surface area contributed by atoms with E-state index in [1.54, 1.807) is 0 Å². The maximum absolute atomic E-state index is 2.44. The Morgan fingerprint density at radius 1 is 0.308 bits per heavy atom. The minimum atomic E-state index is -0.237. The molecule has 0 unspecified atom stereocenters. The molecule has 0 atom stereocenters. The van der Waals surface area contributed by atoms with E-state index in [1.165, 1.54) is 94.3 Å². The largest absolute Gasteiger partial charge is 0.310 e. The van der Waals surface area contributed by atoms with Crippen molar-refractivity contribution in [2.45, 2.75) is 19.3 Å². The number of hydrogen-bond acceptors (Lipinski definition) is 1. The van der Waals surface area contributed by atoms with E-state index < -0.39 is 0 Å². The van der Waals surface area contributed by atoms with Crippen LogP contribution in [0.4, 0.5) is 17.1 Å². The van der Waals surface area contributed by atoms with Crippen LogP contribution in [0, 0.1) is 0 Å². The van der Waals surface area contributed by atoms with Crippen molar-refractivity contribution < 1.29 is 0 Å². The van der Waals surface area contributed by atoms with E-state index in [9.17, 15) is 0 Å². The van der Waals surface area contributed by atoms with Crippen molar-refractivity contribution in [2.75, 3.05) is 4.90 Å². The average molecular weight is 831 g/mol. The number of anilines is 3. The summed E-state index contributed by atoms with van der Waals surface area (Å²) < 4.78 is 2.43. The topological polar surface area (TPSA) is 8.17 Å². The van der Waals surface area contributed by atoms with Gasteiger partial charge in [-0.25, -0.2) is 0 Å². The highest BCUT2D eigenvalue weighted by molar-refractivity contribution is 6.09. The Morgan fingerprint density at radius 2 is 0.708 bits per heavy atom. The molecule has 65 heavy (non-hydrogen) atoms. The number of para-hydroxylation sites is 2. The van der Waals surface area contributed by atoms with Gasteiger partial charge in [0.2, 0.25) is 0 Å². The van der Waals surface area contributed by atoms with E-state index in [0.717, 1.165) is 17.1 Å². The molecule has 0 aliphatic heterocycles. The molecule has 0 N–H and O–H groups in total. The van der Waals surface area contributed by atoms with E-state index in [0.29, 0.717) is 0 Å². The summed E-state index contributed by atoms with van der Waals surface area (Å²) in [5.74, 6) is 0. The van der Waals surface area contributed by atoms with Gasteiger partial charge in [0.05, 0.1) is 11.0 Å². The molecule has 0 saturated heterocycles. The zero-order chi connectivity index (χ0) is 43.5. The first-order valence-electron chi connectivity index (χ1n) is 22.6. The Labute approximate surface area is 381 Å². The van der Waals surface area contributed by atoms with Crippen LogP contribution in [0.2, 0.25) is 0 Å². The molecule has 0 fully saturated rings. The van der Waals surface area contributed by atoms with Crippen LogP contribution in [0.25, 0.3) is 83.1 Å². The second-order valence-corrected chi connectivity index (χ2v) is 17.8. The van der Waals surface area contributed by atoms with Gasteiger partial charge in [0, 0.05) is 38.9 Å². The zero-order valence-corrected chi connectivity index (χ0v) is 36.5. The number of rotatable bonds is 8. The Morgan fingerprint density at radius 3 is 1.26 bits per heavy atom. The van der Waals surface area contributed by atoms with Crippen LogP contribution in [0.15, 0.2) is 243 Å².